The Labute approximate surface area is 327 Å². The van der Waals surface area contributed by atoms with Gasteiger partial charge in [0.05, 0.1) is 46.0 Å². The Balaban J connectivity index is 0.000000197. The zero-order valence-electron chi connectivity index (χ0n) is 29.8. The highest BCUT2D eigenvalue weighted by Crippen LogP contribution is 2.37. The molecule has 0 spiro atoms. The number of aliphatic hydroxyl groups is 2. The van der Waals surface area contributed by atoms with Crippen molar-refractivity contribution < 1.29 is 24.5 Å². The molecule has 286 valence electrons. The molecule has 6 N–H and O–H groups in total. The van der Waals surface area contributed by atoms with Crippen LogP contribution in [0.25, 0.3) is 22.5 Å². The quantitative estimate of drug-likeness (QED) is 0.102. The van der Waals surface area contributed by atoms with E-state index < -0.39 is 0 Å². The summed E-state index contributed by atoms with van der Waals surface area (Å²) >= 11 is 18.5. The van der Waals surface area contributed by atoms with Crippen LogP contribution in [0.2, 0.25) is 15.1 Å². The molecule has 2 saturated heterocycles. The molecular weight excluding hydrogens is 757 g/mol. The van der Waals surface area contributed by atoms with E-state index in [1.165, 1.54) is 0 Å². The third kappa shape index (κ3) is 9.95. The monoisotopic (exact) mass is 797 g/mol. The summed E-state index contributed by atoms with van der Waals surface area (Å²) < 4.78 is 15.3. The average molecular weight is 799 g/mol. The maximum Gasteiger partial charge on any atom is 0.323 e. The lowest BCUT2D eigenvalue weighted by molar-refractivity contribution is -0.00407. The molecule has 2 amide bonds. The van der Waals surface area contributed by atoms with Gasteiger partial charge in [-0.2, -0.15) is 10.2 Å². The van der Waals surface area contributed by atoms with E-state index in [9.17, 15) is 15.0 Å². The second-order valence-electron chi connectivity index (χ2n) is 13.0. The van der Waals surface area contributed by atoms with Gasteiger partial charge in [-0.1, -0.05) is 34.8 Å². The topological polar surface area (TPSA) is 168 Å². The number of halogens is 3. The molecule has 2 aliphatic rings. The fourth-order valence-electron chi connectivity index (χ4n) is 6.05. The smallest absolute Gasteiger partial charge is 0.323 e. The molecule has 0 unspecified atom stereocenters. The van der Waals surface area contributed by atoms with Crippen molar-refractivity contribution in [1.82, 2.24) is 29.4 Å². The second-order valence-corrected chi connectivity index (χ2v) is 14.3. The van der Waals surface area contributed by atoms with Crippen molar-refractivity contribution in [2.75, 3.05) is 68.8 Å². The van der Waals surface area contributed by atoms with Gasteiger partial charge in [0.25, 0.3) is 0 Å². The van der Waals surface area contributed by atoms with E-state index in [-0.39, 0.29) is 18.2 Å². The Morgan fingerprint density at radius 2 is 1.20 bits per heavy atom. The summed E-state index contributed by atoms with van der Waals surface area (Å²) in [6, 6.07) is 17.3. The van der Waals surface area contributed by atoms with Crippen molar-refractivity contribution in [2.24, 2.45) is 14.1 Å². The number of aliphatic hydroxyl groups excluding tert-OH is 2. The van der Waals surface area contributed by atoms with Crippen molar-refractivity contribution in [3.05, 3.63) is 88.1 Å². The molecule has 54 heavy (non-hydrogen) atoms. The maximum absolute atomic E-state index is 12.4. The van der Waals surface area contributed by atoms with Crippen LogP contribution in [0.3, 0.4) is 0 Å². The van der Waals surface area contributed by atoms with Gasteiger partial charge in [0.1, 0.15) is 24.7 Å². The standard InChI is InChI=1S/C22H23Cl2N5O3.C15H19ClN4O2/c1-28-21(19(24)11-25-28)18-10-16(27-22(31)26-15-4-2-14(23)3-5-15)6-7-20(18)32-9-8-29-12-17(30)13-29;1-19-15(13(16)7-18-19)12-6-10(17)2-3-14(12)22-5-4-20-8-11(21)9-20/h2-7,10-11,17,30H,8-9,12-13H2,1H3,(H2,26,27,31);2-3,6-7,11,21H,4-5,8-9,17H2,1H3. The zero-order chi connectivity index (χ0) is 38.4. The van der Waals surface area contributed by atoms with Gasteiger partial charge in [0, 0.05) is 86.6 Å². The summed E-state index contributed by atoms with van der Waals surface area (Å²) in [5, 5.41) is 34.3. The fourth-order valence-corrected chi connectivity index (χ4v) is 6.71. The first-order valence-corrected chi connectivity index (χ1v) is 18.4. The number of aryl methyl sites for hydroxylation is 2. The fraction of sp³-hybridized carbons (Fsp3) is 0.324. The normalized spacial score (nSPS) is 14.8. The molecule has 5 aromatic rings. The highest BCUT2D eigenvalue weighted by atomic mass is 35.5. The number of urea groups is 1. The number of nitrogens with two attached hydrogens (primary N) is 1. The molecule has 0 bridgehead atoms. The van der Waals surface area contributed by atoms with Crippen LogP contribution in [0.5, 0.6) is 11.5 Å². The first-order chi connectivity index (χ1) is 25.9. The molecule has 0 saturated carbocycles. The third-order valence-electron chi connectivity index (χ3n) is 8.85. The summed E-state index contributed by atoms with van der Waals surface area (Å²) in [6.07, 6.45) is 2.73. The molecule has 7 rings (SSSR count). The first-order valence-electron chi connectivity index (χ1n) is 17.2. The molecule has 2 aromatic heterocycles. The number of nitrogens with zero attached hydrogens (tertiary/aromatic N) is 6. The highest BCUT2D eigenvalue weighted by molar-refractivity contribution is 6.33. The van der Waals surface area contributed by atoms with E-state index in [0.717, 1.165) is 23.6 Å². The number of aromatic nitrogens is 4. The van der Waals surface area contributed by atoms with E-state index in [1.807, 2.05) is 19.2 Å². The summed E-state index contributed by atoms with van der Waals surface area (Å²) in [5.74, 6) is 1.35. The molecule has 0 atom stereocenters. The molecule has 14 nitrogen and oxygen atoms in total. The number of benzene rings is 3. The number of amides is 2. The number of likely N-dealkylation sites (tertiary alicyclic amines) is 2. The van der Waals surface area contributed by atoms with Crippen LogP contribution in [0, 0.1) is 0 Å². The van der Waals surface area contributed by atoms with Crippen LogP contribution in [-0.4, -0.2) is 110 Å². The van der Waals surface area contributed by atoms with E-state index >= 15 is 0 Å². The number of β-amino-alcohol motifs (C(OH)–C–C–N with tert-alkyl or cyclic N) is 2. The van der Waals surface area contributed by atoms with E-state index in [0.29, 0.717) is 95.1 Å². The van der Waals surface area contributed by atoms with Gasteiger partial charge in [0.15, 0.2) is 0 Å². The first kappa shape index (κ1) is 39.2. The van der Waals surface area contributed by atoms with Crippen LogP contribution < -0.4 is 25.8 Å². The number of nitrogens with one attached hydrogen (secondary N) is 2. The largest absolute Gasteiger partial charge is 0.492 e. The van der Waals surface area contributed by atoms with Crippen LogP contribution in [0.4, 0.5) is 21.9 Å². The minimum Gasteiger partial charge on any atom is -0.492 e. The molecule has 2 fully saturated rings. The number of carbonyl (C=O) groups excluding carboxylic acids is 1. The second kappa shape index (κ2) is 17.7. The van der Waals surface area contributed by atoms with Gasteiger partial charge in [-0.15, -0.1) is 0 Å². The number of hydrogen-bond acceptors (Lipinski definition) is 10. The lowest BCUT2D eigenvalue weighted by Gasteiger charge is -2.35. The maximum atomic E-state index is 12.4. The predicted octanol–water partition coefficient (Wildman–Crippen LogP) is 5.47. The summed E-state index contributed by atoms with van der Waals surface area (Å²) in [6.45, 7) is 5.24. The average Bonchev–Trinajstić information content (AvgIpc) is 3.63. The summed E-state index contributed by atoms with van der Waals surface area (Å²) in [4.78, 5) is 16.7. The van der Waals surface area contributed by atoms with Gasteiger partial charge < -0.3 is 36.1 Å². The van der Waals surface area contributed by atoms with Gasteiger partial charge in [0.2, 0.25) is 0 Å². The van der Waals surface area contributed by atoms with E-state index in [2.05, 4.69) is 30.6 Å². The van der Waals surface area contributed by atoms with Crippen molar-refractivity contribution in [1.29, 1.82) is 0 Å². The minimum absolute atomic E-state index is 0.194. The lowest BCUT2D eigenvalue weighted by Crippen LogP contribution is -2.51. The number of rotatable bonds is 12. The number of anilines is 3. The lowest BCUT2D eigenvalue weighted by atomic mass is 10.1. The Morgan fingerprint density at radius 1 is 0.741 bits per heavy atom. The van der Waals surface area contributed by atoms with Gasteiger partial charge >= 0.3 is 6.03 Å². The van der Waals surface area contributed by atoms with E-state index in [1.54, 1.807) is 77.3 Å². The molecular formula is C37H42Cl3N9O5. The molecule has 17 heteroatoms. The van der Waals surface area contributed by atoms with Crippen LogP contribution >= 0.6 is 34.8 Å². The van der Waals surface area contributed by atoms with Gasteiger partial charge in [-0.3, -0.25) is 19.2 Å². The minimum atomic E-state index is -0.389. The van der Waals surface area contributed by atoms with Gasteiger partial charge in [-0.05, 0) is 60.7 Å². The predicted molar refractivity (Wildman–Crippen MR) is 212 cm³/mol. The van der Waals surface area contributed by atoms with Crippen molar-refractivity contribution in [2.45, 2.75) is 12.2 Å². The highest BCUT2D eigenvalue weighted by Gasteiger charge is 2.25. The van der Waals surface area contributed by atoms with E-state index in [4.69, 9.17) is 50.0 Å². The Bertz CT molecular complexity index is 2010. The van der Waals surface area contributed by atoms with Crippen molar-refractivity contribution in [3.8, 4) is 34.0 Å². The molecule has 4 heterocycles. The number of ether oxygens (including phenoxy) is 2. The number of nitrogen functional groups attached to an aromatic ring is 1. The summed E-state index contributed by atoms with van der Waals surface area (Å²) in [7, 11) is 3.62. The van der Waals surface area contributed by atoms with Crippen LogP contribution in [0.1, 0.15) is 0 Å². The summed E-state index contributed by atoms with van der Waals surface area (Å²) in [5.41, 5.74) is 10.7. The SMILES string of the molecule is Cn1ncc(Cl)c1-c1cc(N)ccc1OCCN1CC(O)C1.Cn1ncc(Cl)c1-c1cc(NC(=O)Nc2ccc(Cl)cc2)ccc1OCCN1CC(O)C1. The molecule has 2 aliphatic heterocycles. The molecule has 0 radical (unpaired) electrons. The third-order valence-corrected chi connectivity index (χ3v) is 9.65. The van der Waals surface area contributed by atoms with Crippen molar-refractivity contribution in [3.63, 3.8) is 0 Å². The zero-order valence-corrected chi connectivity index (χ0v) is 32.0. The van der Waals surface area contributed by atoms with Crippen molar-refractivity contribution >= 4 is 57.9 Å². The Kier molecular flexibility index (Phi) is 12.9. The van der Waals surface area contributed by atoms with Gasteiger partial charge in [-0.25, -0.2) is 4.79 Å². The molecule has 0 aliphatic carbocycles. The number of carbonyl (C=O) groups is 1. The Hall–Kier alpha value is -4.54. The Morgan fingerprint density at radius 3 is 1.69 bits per heavy atom. The van der Waals surface area contributed by atoms with Crippen LogP contribution in [0.15, 0.2) is 73.1 Å². The number of hydrogen-bond donors (Lipinski definition) is 5. The van der Waals surface area contributed by atoms with Crippen LogP contribution in [-0.2, 0) is 14.1 Å². The molecule has 3 aromatic carbocycles.